The predicted molar refractivity (Wildman–Crippen MR) is 64.3 cm³/mol. The number of aliphatic imine (C=N–C) groups is 1. The second kappa shape index (κ2) is 6.18. The fraction of sp³-hybridized carbons (Fsp3) is 0.0769. The summed E-state index contributed by atoms with van der Waals surface area (Å²) >= 11 is 0. The average molecular weight is 276 g/mol. The van der Waals surface area contributed by atoms with Gasteiger partial charge < -0.3 is 5.11 Å². The van der Waals surface area contributed by atoms with Crippen molar-refractivity contribution in [3.63, 3.8) is 0 Å². The van der Waals surface area contributed by atoms with E-state index in [0.717, 1.165) is 5.56 Å². The van der Waals surface area contributed by atoms with Gasteiger partial charge in [0.1, 0.15) is 5.75 Å². The van der Waals surface area contributed by atoms with Crippen LogP contribution in [-0.4, -0.2) is 16.3 Å². The van der Waals surface area contributed by atoms with Crippen molar-refractivity contribution in [2.75, 3.05) is 0 Å². The first kappa shape index (κ1) is 13.4. The maximum atomic E-state index is 9.53. The van der Waals surface area contributed by atoms with E-state index in [-0.39, 0.29) is 22.8 Å². The second-order valence-corrected chi connectivity index (χ2v) is 3.51. The topological polar surface area (TPSA) is 45.5 Å². The van der Waals surface area contributed by atoms with Gasteiger partial charge in [-0.15, -0.1) is 0 Å². The predicted octanol–water partition coefficient (Wildman–Crippen LogP) is 2.84. The molecule has 3 nitrogen and oxygen atoms in total. The van der Waals surface area contributed by atoms with Crippen LogP contribution in [-0.2, 0) is 17.1 Å². The maximum absolute atomic E-state index is 9.53. The first-order valence-corrected chi connectivity index (χ1v) is 5.00. The van der Waals surface area contributed by atoms with Crippen LogP contribution in [0.2, 0.25) is 0 Å². The fourth-order valence-corrected chi connectivity index (χ4v) is 1.32. The SMILES string of the molecule is Cc1ccnc(N=Cc2ccccc2O)c1.[Cu+2]. The van der Waals surface area contributed by atoms with Crippen LogP contribution < -0.4 is 0 Å². The number of aromatic hydroxyl groups is 1. The van der Waals surface area contributed by atoms with Gasteiger partial charge in [0.15, 0.2) is 5.82 Å². The quantitative estimate of drug-likeness (QED) is 0.677. The molecule has 0 saturated heterocycles. The molecule has 0 bridgehead atoms. The molecule has 2 aromatic rings. The third-order valence-electron chi connectivity index (χ3n) is 2.17. The minimum absolute atomic E-state index is 0. The molecule has 2 rings (SSSR count). The second-order valence-electron chi connectivity index (χ2n) is 3.51. The molecule has 17 heavy (non-hydrogen) atoms. The number of hydrogen-bond donors (Lipinski definition) is 1. The van der Waals surface area contributed by atoms with Gasteiger partial charge in [0.2, 0.25) is 0 Å². The Bertz CT molecular complexity index is 526. The number of hydrogen-bond acceptors (Lipinski definition) is 3. The van der Waals surface area contributed by atoms with Crippen LogP contribution in [0.25, 0.3) is 0 Å². The number of pyridine rings is 1. The first-order chi connectivity index (χ1) is 7.75. The van der Waals surface area contributed by atoms with E-state index >= 15 is 0 Å². The first-order valence-electron chi connectivity index (χ1n) is 5.00. The van der Waals surface area contributed by atoms with E-state index in [1.807, 2.05) is 25.1 Å². The van der Waals surface area contributed by atoms with Crippen molar-refractivity contribution in [2.45, 2.75) is 6.92 Å². The molecule has 1 radical (unpaired) electrons. The Morgan fingerprint density at radius 2 is 2.00 bits per heavy atom. The van der Waals surface area contributed by atoms with E-state index in [0.29, 0.717) is 11.4 Å². The summed E-state index contributed by atoms with van der Waals surface area (Å²) in [6, 6.07) is 10.9. The molecule has 1 N–H and O–H groups in total. The molecular weight excluding hydrogens is 264 g/mol. The number of rotatable bonds is 2. The Kier molecular flexibility index (Phi) is 4.88. The van der Waals surface area contributed by atoms with Crippen molar-refractivity contribution < 1.29 is 22.2 Å². The summed E-state index contributed by atoms with van der Waals surface area (Å²) in [5.41, 5.74) is 1.80. The summed E-state index contributed by atoms with van der Waals surface area (Å²) in [5.74, 6) is 0.863. The number of aromatic nitrogens is 1. The van der Waals surface area contributed by atoms with E-state index in [2.05, 4.69) is 9.98 Å². The van der Waals surface area contributed by atoms with Crippen molar-refractivity contribution in [3.05, 3.63) is 53.7 Å². The zero-order valence-electron chi connectivity index (χ0n) is 9.26. The van der Waals surface area contributed by atoms with Gasteiger partial charge in [-0.05, 0) is 36.8 Å². The van der Waals surface area contributed by atoms with Crippen LogP contribution in [0.1, 0.15) is 11.1 Å². The molecule has 0 unspecified atom stereocenters. The van der Waals surface area contributed by atoms with Crippen molar-refractivity contribution in [1.82, 2.24) is 4.98 Å². The van der Waals surface area contributed by atoms with Crippen molar-refractivity contribution in [1.29, 1.82) is 0 Å². The Morgan fingerprint density at radius 1 is 1.24 bits per heavy atom. The molecule has 1 aromatic heterocycles. The summed E-state index contributed by atoms with van der Waals surface area (Å²) < 4.78 is 0. The van der Waals surface area contributed by atoms with Gasteiger partial charge in [-0.1, -0.05) is 12.1 Å². The molecule has 0 aliphatic rings. The van der Waals surface area contributed by atoms with Gasteiger partial charge in [-0.25, -0.2) is 9.98 Å². The van der Waals surface area contributed by atoms with Crippen molar-refractivity contribution in [3.8, 4) is 5.75 Å². The van der Waals surface area contributed by atoms with E-state index in [4.69, 9.17) is 0 Å². The summed E-state index contributed by atoms with van der Waals surface area (Å²) in [7, 11) is 0. The summed E-state index contributed by atoms with van der Waals surface area (Å²) in [6.07, 6.45) is 3.32. The van der Waals surface area contributed by atoms with E-state index in [1.165, 1.54) is 0 Å². The van der Waals surface area contributed by atoms with Gasteiger partial charge in [0, 0.05) is 18.0 Å². The third kappa shape index (κ3) is 3.70. The molecule has 4 heteroatoms. The summed E-state index contributed by atoms with van der Waals surface area (Å²) in [6.45, 7) is 1.99. The van der Waals surface area contributed by atoms with Gasteiger partial charge in [0.05, 0.1) is 0 Å². The Labute approximate surface area is 111 Å². The van der Waals surface area contributed by atoms with Crippen LogP contribution in [0, 0.1) is 6.92 Å². The molecule has 0 fully saturated rings. The summed E-state index contributed by atoms with van der Waals surface area (Å²) in [4.78, 5) is 8.31. The number of para-hydroxylation sites is 1. The maximum Gasteiger partial charge on any atom is 2.00 e. The van der Waals surface area contributed by atoms with Crippen LogP contribution in [0.4, 0.5) is 5.82 Å². The molecule has 0 spiro atoms. The minimum atomic E-state index is 0. The number of benzene rings is 1. The molecule has 1 aromatic carbocycles. The van der Waals surface area contributed by atoms with Crippen molar-refractivity contribution in [2.24, 2.45) is 4.99 Å². The molecular formula is C13H12CuN2O+2. The van der Waals surface area contributed by atoms with Crippen LogP contribution in [0.5, 0.6) is 5.75 Å². The van der Waals surface area contributed by atoms with E-state index < -0.39 is 0 Å². The molecule has 0 aliphatic carbocycles. The van der Waals surface area contributed by atoms with Gasteiger partial charge in [-0.3, -0.25) is 0 Å². The van der Waals surface area contributed by atoms with Crippen LogP contribution >= 0.6 is 0 Å². The molecule has 89 valence electrons. The molecule has 0 atom stereocenters. The van der Waals surface area contributed by atoms with Crippen LogP contribution in [0.3, 0.4) is 0 Å². The number of aryl methyl sites for hydroxylation is 1. The number of phenolic OH excluding ortho intramolecular Hbond substituents is 1. The molecule has 1 heterocycles. The van der Waals surface area contributed by atoms with Gasteiger partial charge in [0.25, 0.3) is 0 Å². The normalized spacial score (nSPS) is 10.2. The minimum Gasteiger partial charge on any atom is -0.507 e. The fourth-order valence-electron chi connectivity index (χ4n) is 1.32. The number of phenols is 1. The smallest absolute Gasteiger partial charge is 0.507 e. The molecule has 0 amide bonds. The number of nitrogens with zero attached hydrogens (tertiary/aromatic N) is 2. The Balaban J connectivity index is 0.00000144. The molecule has 0 aliphatic heterocycles. The van der Waals surface area contributed by atoms with Gasteiger partial charge in [-0.2, -0.15) is 0 Å². The zero-order chi connectivity index (χ0) is 11.4. The Morgan fingerprint density at radius 3 is 2.71 bits per heavy atom. The van der Waals surface area contributed by atoms with Crippen molar-refractivity contribution >= 4 is 12.0 Å². The Hall–Kier alpha value is -1.64. The monoisotopic (exact) mass is 275 g/mol. The van der Waals surface area contributed by atoms with Crippen LogP contribution in [0.15, 0.2) is 47.6 Å². The zero-order valence-corrected chi connectivity index (χ0v) is 10.2. The third-order valence-corrected chi connectivity index (χ3v) is 2.17. The summed E-state index contributed by atoms with van der Waals surface area (Å²) in [5, 5.41) is 9.53. The largest absolute Gasteiger partial charge is 2.00 e. The standard InChI is InChI=1S/C13H12N2O.Cu/c1-10-6-7-14-13(8-10)15-9-11-4-2-3-5-12(11)16;/h2-9,16H,1H3;/q;+2. The molecule has 0 saturated carbocycles. The van der Waals surface area contributed by atoms with E-state index in [9.17, 15) is 5.11 Å². The van der Waals surface area contributed by atoms with Gasteiger partial charge >= 0.3 is 17.1 Å². The average Bonchev–Trinajstić information content (AvgIpc) is 2.28. The van der Waals surface area contributed by atoms with E-state index in [1.54, 1.807) is 30.6 Å².